The minimum Gasteiger partial charge on any atom is -0.371 e. The van der Waals surface area contributed by atoms with Crippen LogP contribution in [0.2, 0.25) is 0 Å². The third kappa shape index (κ3) is 3.13. The number of likely N-dealkylation sites (tertiary alicyclic amines) is 1. The van der Waals surface area contributed by atoms with Gasteiger partial charge in [0.25, 0.3) is 0 Å². The molecule has 0 radical (unpaired) electrons. The van der Waals surface area contributed by atoms with Crippen LogP contribution in [0.25, 0.3) is 0 Å². The SMILES string of the molecule is C[C@@H]1C[C@@H]1C(=O)N1CC2(C[C@@H](OCC(=O)N(C)C)CCO2)C1. The van der Waals surface area contributed by atoms with Gasteiger partial charge in [0.2, 0.25) is 11.8 Å². The molecule has 3 atom stereocenters. The summed E-state index contributed by atoms with van der Waals surface area (Å²) in [6.07, 6.45) is 2.67. The largest absolute Gasteiger partial charge is 0.371 e. The van der Waals surface area contributed by atoms with Crippen LogP contribution < -0.4 is 0 Å². The molecule has 1 saturated carbocycles. The van der Waals surface area contributed by atoms with Crippen LogP contribution in [-0.2, 0) is 19.1 Å². The Morgan fingerprint density at radius 3 is 2.64 bits per heavy atom. The van der Waals surface area contributed by atoms with Gasteiger partial charge in [-0.1, -0.05) is 6.92 Å². The fraction of sp³-hybridized carbons (Fsp3) is 0.875. The van der Waals surface area contributed by atoms with Gasteiger partial charge in [-0.3, -0.25) is 9.59 Å². The van der Waals surface area contributed by atoms with E-state index in [0.29, 0.717) is 25.6 Å². The molecule has 124 valence electrons. The van der Waals surface area contributed by atoms with Gasteiger partial charge < -0.3 is 19.3 Å². The summed E-state index contributed by atoms with van der Waals surface area (Å²) in [5, 5.41) is 0. The fourth-order valence-electron chi connectivity index (χ4n) is 3.37. The van der Waals surface area contributed by atoms with Gasteiger partial charge in [0.05, 0.1) is 19.2 Å². The molecule has 1 aliphatic carbocycles. The Bertz CT molecular complexity index is 459. The van der Waals surface area contributed by atoms with Crippen LogP contribution in [0.1, 0.15) is 26.2 Å². The summed E-state index contributed by atoms with van der Waals surface area (Å²) in [5.74, 6) is 1.05. The lowest BCUT2D eigenvalue weighted by Gasteiger charge is -2.53. The molecule has 22 heavy (non-hydrogen) atoms. The molecule has 3 fully saturated rings. The predicted molar refractivity (Wildman–Crippen MR) is 80.2 cm³/mol. The minimum absolute atomic E-state index is 0.0197. The van der Waals surface area contributed by atoms with E-state index in [0.717, 1.165) is 19.3 Å². The summed E-state index contributed by atoms with van der Waals surface area (Å²) in [6.45, 7) is 4.24. The molecule has 0 bridgehead atoms. The molecule has 2 aliphatic heterocycles. The lowest BCUT2D eigenvalue weighted by molar-refractivity contribution is -0.202. The maximum Gasteiger partial charge on any atom is 0.248 e. The molecule has 0 aromatic carbocycles. The van der Waals surface area contributed by atoms with Gasteiger partial charge in [-0.25, -0.2) is 0 Å². The van der Waals surface area contributed by atoms with Gasteiger partial charge in [-0.05, 0) is 18.8 Å². The quantitative estimate of drug-likeness (QED) is 0.759. The Morgan fingerprint density at radius 2 is 2.05 bits per heavy atom. The molecular formula is C16H26N2O4. The Kier molecular flexibility index (Phi) is 4.16. The zero-order valence-electron chi connectivity index (χ0n) is 13.7. The number of nitrogens with zero attached hydrogens (tertiary/aromatic N) is 2. The molecule has 2 amide bonds. The first-order valence-electron chi connectivity index (χ1n) is 8.15. The van der Waals surface area contributed by atoms with Crippen molar-refractivity contribution in [2.75, 3.05) is 40.4 Å². The summed E-state index contributed by atoms with van der Waals surface area (Å²) in [6, 6.07) is 0. The van der Waals surface area contributed by atoms with Crippen molar-refractivity contribution in [3.05, 3.63) is 0 Å². The molecule has 6 heteroatoms. The van der Waals surface area contributed by atoms with Crippen molar-refractivity contribution in [3.8, 4) is 0 Å². The highest BCUT2D eigenvalue weighted by molar-refractivity contribution is 5.82. The van der Waals surface area contributed by atoms with Crippen LogP contribution in [0.3, 0.4) is 0 Å². The maximum atomic E-state index is 12.2. The van der Waals surface area contributed by atoms with E-state index in [1.54, 1.807) is 14.1 Å². The molecule has 0 unspecified atom stereocenters. The first-order chi connectivity index (χ1) is 10.4. The number of rotatable bonds is 4. The van der Waals surface area contributed by atoms with Crippen molar-refractivity contribution in [3.63, 3.8) is 0 Å². The van der Waals surface area contributed by atoms with Gasteiger partial charge in [-0.15, -0.1) is 0 Å². The summed E-state index contributed by atoms with van der Waals surface area (Å²) >= 11 is 0. The highest BCUT2D eigenvalue weighted by atomic mass is 16.5. The van der Waals surface area contributed by atoms with E-state index in [9.17, 15) is 9.59 Å². The average molecular weight is 310 g/mol. The molecule has 6 nitrogen and oxygen atoms in total. The Labute approximate surface area is 131 Å². The van der Waals surface area contributed by atoms with Crippen LogP contribution in [0.5, 0.6) is 0 Å². The van der Waals surface area contributed by atoms with E-state index in [4.69, 9.17) is 9.47 Å². The minimum atomic E-state index is -0.238. The monoisotopic (exact) mass is 310 g/mol. The average Bonchev–Trinajstić information content (AvgIpc) is 3.18. The van der Waals surface area contributed by atoms with E-state index >= 15 is 0 Å². The second-order valence-electron chi connectivity index (χ2n) is 7.26. The fourth-order valence-corrected chi connectivity index (χ4v) is 3.37. The first kappa shape index (κ1) is 15.7. The van der Waals surface area contributed by atoms with E-state index in [2.05, 4.69) is 6.92 Å². The number of carbonyl (C=O) groups excluding carboxylic acids is 2. The number of ether oxygens (including phenoxy) is 2. The number of likely N-dealkylation sites (N-methyl/N-ethyl adjacent to an activating group) is 1. The molecule has 3 rings (SSSR count). The number of hydrogen-bond donors (Lipinski definition) is 0. The van der Waals surface area contributed by atoms with Gasteiger partial charge in [0.15, 0.2) is 0 Å². The van der Waals surface area contributed by atoms with Crippen LogP contribution >= 0.6 is 0 Å². The summed E-state index contributed by atoms with van der Waals surface area (Å²) in [4.78, 5) is 27.2. The molecule has 3 aliphatic rings. The normalized spacial score (nSPS) is 32.5. The summed E-state index contributed by atoms with van der Waals surface area (Å²) in [7, 11) is 3.46. The molecule has 1 spiro atoms. The van der Waals surface area contributed by atoms with E-state index < -0.39 is 0 Å². The zero-order valence-corrected chi connectivity index (χ0v) is 13.7. The second kappa shape index (κ2) is 5.81. The number of carbonyl (C=O) groups is 2. The Morgan fingerprint density at radius 1 is 1.36 bits per heavy atom. The van der Waals surface area contributed by atoms with Crippen molar-refractivity contribution in [2.45, 2.75) is 37.9 Å². The van der Waals surface area contributed by atoms with Gasteiger partial charge >= 0.3 is 0 Å². The standard InChI is InChI=1S/C16H26N2O4/c1-11-6-13(11)15(20)18-9-16(10-18)7-12(4-5-22-16)21-8-14(19)17(2)3/h11-13H,4-10H2,1-3H3/t11-,12+,13+/m1/s1. The van der Waals surface area contributed by atoms with Crippen molar-refractivity contribution in [1.29, 1.82) is 0 Å². The third-order valence-corrected chi connectivity index (χ3v) is 5.09. The number of hydrogen-bond acceptors (Lipinski definition) is 4. The smallest absolute Gasteiger partial charge is 0.248 e. The van der Waals surface area contributed by atoms with Crippen molar-refractivity contribution < 1.29 is 19.1 Å². The summed E-state index contributed by atoms with van der Waals surface area (Å²) in [5.41, 5.74) is -0.238. The van der Waals surface area contributed by atoms with Crippen molar-refractivity contribution >= 4 is 11.8 Å². The van der Waals surface area contributed by atoms with E-state index in [1.807, 2.05) is 4.90 Å². The predicted octanol–water partition coefficient (Wildman–Crippen LogP) is 0.507. The Balaban J connectivity index is 1.45. The van der Waals surface area contributed by atoms with Gasteiger partial charge in [-0.2, -0.15) is 0 Å². The highest BCUT2D eigenvalue weighted by Gasteiger charge is 2.53. The van der Waals surface area contributed by atoms with Crippen LogP contribution in [0.4, 0.5) is 0 Å². The van der Waals surface area contributed by atoms with Crippen molar-refractivity contribution in [2.24, 2.45) is 11.8 Å². The maximum absolute atomic E-state index is 12.2. The third-order valence-electron chi connectivity index (χ3n) is 5.09. The van der Waals surface area contributed by atoms with Crippen molar-refractivity contribution in [1.82, 2.24) is 9.80 Å². The second-order valence-corrected chi connectivity index (χ2v) is 7.26. The van der Waals surface area contributed by atoms with E-state index in [-0.39, 0.29) is 36.0 Å². The van der Waals surface area contributed by atoms with Crippen LogP contribution in [0.15, 0.2) is 0 Å². The molecule has 2 heterocycles. The molecule has 2 saturated heterocycles. The first-order valence-corrected chi connectivity index (χ1v) is 8.15. The molecule has 0 aromatic heterocycles. The van der Waals surface area contributed by atoms with Gasteiger partial charge in [0, 0.05) is 33.0 Å². The number of amides is 2. The van der Waals surface area contributed by atoms with E-state index in [1.165, 1.54) is 4.90 Å². The lowest BCUT2D eigenvalue weighted by atomic mass is 9.84. The highest BCUT2D eigenvalue weighted by Crippen LogP contribution is 2.43. The summed E-state index contributed by atoms with van der Waals surface area (Å²) < 4.78 is 11.7. The van der Waals surface area contributed by atoms with Gasteiger partial charge in [0.1, 0.15) is 12.2 Å². The lowest BCUT2D eigenvalue weighted by Crippen LogP contribution is -2.67. The Hall–Kier alpha value is -1.14. The van der Waals surface area contributed by atoms with Crippen LogP contribution in [-0.4, -0.2) is 73.7 Å². The molecule has 0 N–H and O–H groups in total. The molecular weight excluding hydrogens is 284 g/mol. The molecule has 0 aromatic rings. The topological polar surface area (TPSA) is 59.1 Å². The van der Waals surface area contributed by atoms with Crippen LogP contribution in [0, 0.1) is 11.8 Å². The zero-order chi connectivity index (χ0) is 15.9.